The Morgan fingerprint density at radius 2 is 1.90 bits per heavy atom. The number of halogens is 2. The van der Waals surface area contributed by atoms with Gasteiger partial charge in [-0.2, -0.15) is 0 Å². The zero-order valence-corrected chi connectivity index (χ0v) is 10.9. The molecule has 1 aromatic heterocycles. The van der Waals surface area contributed by atoms with Gasteiger partial charge in [0.05, 0.1) is 0 Å². The van der Waals surface area contributed by atoms with Crippen LogP contribution in [0.25, 0.3) is 0 Å². The lowest BCUT2D eigenvalue weighted by atomic mass is 10.0. The van der Waals surface area contributed by atoms with Gasteiger partial charge in [-0.3, -0.25) is 9.78 Å². The molecule has 0 saturated heterocycles. The number of carbonyl (C=O) groups is 1. The molecule has 1 N–H and O–H groups in total. The minimum atomic E-state index is -0.880. The average molecular weight is 276 g/mol. The van der Waals surface area contributed by atoms with Crippen LogP contribution in [-0.2, 0) is 0 Å². The minimum Gasteiger partial charge on any atom is -0.351 e. The van der Waals surface area contributed by atoms with Crippen molar-refractivity contribution in [3.63, 3.8) is 0 Å². The summed E-state index contributed by atoms with van der Waals surface area (Å²) in [5, 5.41) is 2.75. The van der Waals surface area contributed by atoms with E-state index < -0.39 is 11.6 Å². The van der Waals surface area contributed by atoms with Gasteiger partial charge in [0.2, 0.25) is 0 Å². The van der Waals surface area contributed by atoms with E-state index in [0.29, 0.717) is 17.7 Å². The Labute approximate surface area is 115 Å². The molecule has 1 atom stereocenters. The molecule has 0 aliphatic heterocycles. The maximum Gasteiger partial charge on any atom is 0.251 e. The van der Waals surface area contributed by atoms with Crippen LogP contribution in [0.4, 0.5) is 8.78 Å². The fourth-order valence-electron chi connectivity index (χ4n) is 1.79. The molecule has 5 heteroatoms. The summed E-state index contributed by atoms with van der Waals surface area (Å²) in [7, 11) is 0. The Bertz CT molecular complexity index is 602. The first kappa shape index (κ1) is 14.1. The highest BCUT2D eigenvalue weighted by Crippen LogP contribution is 2.17. The van der Waals surface area contributed by atoms with Crippen LogP contribution in [-0.4, -0.2) is 17.4 Å². The van der Waals surface area contributed by atoms with Crippen molar-refractivity contribution in [2.75, 3.05) is 6.54 Å². The summed E-state index contributed by atoms with van der Waals surface area (Å²) >= 11 is 0. The third-order valence-corrected chi connectivity index (χ3v) is 3.02. The van der Waals surface area contributed by atoms with E-state index in [4.69, 9.17) is 0 Å². The summed E-state index contributed by atoms with van der Waals surface area (Å²) in [4.78, 5) is 15.7. The first-order valence-corrected chi connectivity index (χ1v) is 6.21. The molecule has 0 fully saturated rings. The number of rotatable bonds is 4. The number of nitrogens with zero attached hydrogens (tertiary/aromatic N) is 1. The van der Waals surface area contributed by atoms with E-state index >= 15 is 0 Å². The summed E-state index contributed by atoms with van der Waals surface area (Å²) in [6, 6.07) is 6.97. The highest BCUT2D eigenvalue weighted by Gasteiger charge is 2.11. The summed E-state index contributed by atoms with van der Waals surface area (Å²) in [6.07, 6.45) is 3.07. The van der Waals surface area contributed by atoms with Crippen molar-refractivity contribution in [3.8, 4) is 0 Å². The van der Waals surface area contributed by atoms with Crippen LogP contribution >= 0.6 is 0 Å². The van der Waals surface area contributed by atoms with Crippen LogP contribution in [0.15, 0.2) is 42.7 Å². The summed E-state index contributed by atoms with van der Waals surface area (Å²) in [5.74, 6) is -2.09. The van der Waals surface area contributed by atoms with Gasteiger partial charge in [-0.15, -0.1) is 0 Å². The zero-order valence-electron chi connectivity index (χ0n) is 10.9. The van der Waals surface area contributed by atoms with E-state index in [-0.39, 0.29) is 11.8 Å². The first-order chi connectivity index (χ1) is 9.58. The number of benzene rings is 1. The van der Waals surface area contributed by atoms with Gasteiger partial charge in [0, 0.05) is 24.5 Å². The fraction of sp³-hybridized carbons (Fsp3) is 0.200. The Morgan fingerprint density at radius 1 is 1.20 bits per heavy atom. The number of hydrogen-bond acceptors (Lipinski definition) is 2. The van der Waals surface area contributed by atoms with Crippen LogP contribution in [0, 0.1) is 11.6 Å². The van der Waals surface area contributed by atoms with Gasteiger partial charge >= 0.3 is 0 Å². The number of carbonyl (C=O) groups excluding carboxylic acids is 1. The molecule has 0 saturated carbocycles. The van der Waals surface area contributed by atoms with Gasteiger partial charge in [-0.25, -0.2) is 8.78 Å². The monoisotopic (exact) mass is 276 g/mol. The molecule has 3 nitrogen and oxygen atoms in total. The van der Waals surface area contributed by atoms with Crippen LogP contribution < -0.4 is 5.32 Å². The molecule has 1 amide bonds. The topological polar surface area (TPSA) is 42.0 Å². The van der Waals surface area contributed by atoms with Gasteiger partial charge in [0.25, 0.3) is 5.91 Å². The zero-order chi connectivity index (χ0) is 14.5. The largest absolute Gasteiger partial charge is 0.351 e. The quantitative estimate of drug-likeness (QED) is 0.933. The fourth-order valence-corrected chi connectivity index (χ4v) is 1.79. The average Bonchev–Trinajstić information content (AvgIpc) is 2.48. The minimum absolute atomic E-state index is 0.115. The van der Waals surface area contributed by atoms with Crippen molar-refractivity contribution in [2.24, 2.45) is 0 Å². The summed E-state index contributed by atoms with van der Waals surface area (Å²) < 4.78 is 26.0. The van der Waals surface area contributed by atoms with Gasteiger partial charge in [0.1, 0.15) is 0 Å². The van der Waals surface area contributed by atoms with E-state index in [0.717, 1.165) is 12.1 Å². The molecule has 0 spiro atoms. The van der Waals surface area contributed by atoms with E-state index in [1.54, 1.807) is 12.1 Å². The predicted octanol–water partition coefficient (Wildman–Crippen LogP) is 2.89. The first-order valence-electron chi connectivity index (χ1n) is 6.21. The standard InChI is InChI=1S/C15H14F2N2O/c1-10(12-2-3-13(16)14(17)8-12)9-19-15(20)11-4-6-18-7-5-11/h2-8,10H,9H2,1H3,(H,19,20). The number of aromatic nitrogens is 1. The normalized spacial score (nSPS) is 11.9. The predicted molar refractivity (Wildman–Crippen MR) is 71.3 cm³/mol. The van der Waals surface area contributed by atoms with Gasteiger partial charge in [-0.1, -0.05) is 13.0 Å². The van der Waals surface area contributed by atoms with E-state index in [9.17, 15) is 13.6 Å². The molecule has 2 rings (SSSR count). The SMILES string of the molecule is CC(CNC(=O)c1ccncc1)c1ccc(F)c(F)c1. The van der Waals surface area contributed by atoms with Crippen LogP contribution in [0.3, 0.4) is 0 Å². The molecular weight excluding hydrogens is 262 g/mol. The molecule has 1 heterocycles. The number of amides is 1. The van der Waals surface area contributed by atoms with Crippen molar-refractivity contribution < 1.29 is 13.6 Å². The smallest absolute Gasteiger partial charge is 0.251 e. The van der Waals surface area contributed by atoms with Crippen molar-refractivity contribution in [3.05, 3.63) is 65.5 Å². The second-order valence-corrected chi connectivity index (χ2v) is 4.52. The molecule has 1 unspecified atom stereocenters. The van der Waals surface area contributed by atoms with E-state index in [2.05, 4.69) is 10.3 Å². The van der Waals surface area contributed by atoms with Crippen molar-refractivity contribution in [1.29, 1.82) is 0 Å². The molecule has 0 radical (unpaired) electrons. The lowest BCUT2D eigenvalue weighted by Crippen LogP contribution is -2.27. The molecule has 1 aromatic carbocycles. The Hall–Kier alpha value is -2.30. The maximum atomic E-state index is 13.1. The van der Waals surface area contributed by atoms with Crippen molar-refractivity contribution >= 4 is 5.91 Å². The van der Waals surface area contributed by atoms with E-state index in [1.807, 2.05) is 6.92 Å². The third kappa shape index (κ3) is 3.38. The van der Waals surface area contributed by atoms with E-state index in [1.165, 1.54) is 18.5 Å². The Balaban J connectivity index is 1.96. The lowest BCUT2D eigenvalue weighted by molar-refractivity contribution is 0.0951. The second-order valence-electron chi connectivity index (χ2n) is 4.52. The van der Waals surface area contributed by atoms with Crippen molar-refractivity contribution in [2.45, 2.75) is 12.8 Å². The number of nitrogens with one attached hydrogen (secondary N) is 1. The van der Waals surface area contributed by atoms with Crippen LogP contribution in [0.2, 0.25) is 0 Å². The van der Waals surface area contributed by atoms with Crippen molar-refractivity contribution in [1.82, 2.24) is 10.3 Å². The second kappa shape index (κ2) is 6.23. The lowest BCUT2D eigenvalue weighted by Gasteiger charge is -2.13. The van der Waals surface area contributed by atoms with Gasteiger partial charge in [0.15, 0.2) is 11.6 Å². The Kier molecular flexibility index (Phi) is 4.40. The molecule has 0 aliphatic carbocycles. The summed E-state index contributed by atoms with van der Waals surface area (Å²) in [6.45, 7) is 2.17. The van der Waals surface area contributed by atoms with Crippen LogP contribution in [0.5, 0.6) is 0 Å². The van der Waals surface area contributed by atoms with Crippen LogP contribution in [0.1, 0.15) is 28.8 Å². The molecule has 104 valence electrons. The number of hydrogen-bond donors (Lipinski definition) is 1. The molecular formula is C15H14F2N2O. The highest BCUT2D eigenvalue weighted by molar-refractivity contribution is 5.93. The van der Waals surface area contributed by atoms with Gasteiger partial charge < -0.3 is 5.32 Å². The molecule has 2 aromatic rings. The molecule has 0 aliphatic rings. The van der Waals surface area contributed by atoms with Gasteiger partial charge in [-0.05, 0) is 35.7 Å². The number of pyridine rings is 1. The Morgan fingerprint density at radius 3 is 2.55 bits per heavy atom. The third-order valence-electron chi connectivity index (χ3n) is 3.02. The maximum absolute atomic E-state index is 13.1. The summed E-state index contributed by atoms with van der Waals surface area (Å²) in [5.41, 5.74) is 1.15. The molecule has 20 heavy (non-hydrogen) atoms. The highest BCUT2D eigenvalue weighted by atomic mass is 19.2. The molecule has 0 bridgehead atoms.